The Hall–Kier alpha value is -1.95. The maximum absolute atomic E-state index is 11.9. The lowest BCUT2D eigenvalue weighted by Crippen LogP contribution is -2.40. The molecule has 2 atom stereocenters. The van der Waals surface area contributed by atoms with Crippen LogP contribution in [0.2, 0.25) is 0 Å². The number of nitro benzene ring substituents is 1. The highest BCUT2D eigenvalue weighted by atomic mass is 16.6. The fourth-order valence-corrected chi connectivity index (χ4v) is 1.59. The van der Waals surface area contributed by atoms with Gasteiger partial charge in [-0.1, -0.05) is 26.3 Å². The average molecular weight is 265 g/mol. The number of nitrogens with one attached hydrogen (secondary N) is 1. The number of non-ortho nitro benzene ring substituents is 1. The Kier molecular flexibility index (Phi) is 5.00. The predicted octanol–water partition coefficient (Wildman–Crippen LogP) is 2.22. The molecule has 0 aliphatic rings. The Morgan fingerprint density at radius 3 is 2.68 bits per heavy atom. The van der Waals surface area contributed by atoms with E-state index in [2.05, 4.69) is 5.32 Å². The van der Waals surface area contributed by atoms with Crippen LogP contribution in [0.3, 0.4) is 0 Å². The first kappa shape index (κ1) is 15.1. The molecular formula is C13H19N3O3. The number of nitro groups is 1. The molecule has 1 rings (SSSR count). The van der Waals surface area contributed by atoms with Gasteiger partial charge in [0.1, 0.15) is 0 Å². The van der Waals surface area contributed by atoms with Gasteiger partial charge >= 0.3 is 0 Å². The molecule has 0 aliphatic carbocycles. The largest absolute Gasteiger partial charge is 0.324 e. The van der Waals surface area contributed by atoms with Crippen molar-refractivity contribution in [2.45, 2.75) is 33.2 Å². The van der Waals surface area contributed by atoms with Crippen molar-refractivity contribution in [2.24, 2.45) is 11.7 Å². The number of aryl methyl sites for hydroxylation is 1. The first-order valence-electron chi connectivity index (χ1n) is 6.18. The third kappa shape index (κ3) is 3.75. The maximum Gasteiger partial charge on any atom is 0.271 e. The van der Waals surface area contributed by atoms with Crippen molar-refractivity contribution in [3.63, 3.8) is 0 Å². The maximum atomic E-state index is 11.9. The fraction of sp³-hybridized carbons (Fsp3) is 0.462. The van der Waals surface area contributed by atoms with Crippen LogP contribution in [0.4, 0.5) is 11.4 Å². The zero-order valence-corrected chi connectivity index (χ0v) is 11.3. The topological polar surface area (TPSA) is 98.3 Å². The van der Waals surface area contributed by atoms with Gasteiger partial charge in [0.25, 0.3) is 5.69 Å². The summed E-state index contributed by atoms with van der Waals surface area (Å²) >= 11 is 0. The highest BCUT2D eigenvalue weighted by Gasteiger charge is 2.20. The molecule has 1 amide bonds. The van der Waals surface area contributed by atoms with E-state index in [1.807, 2.05) is 13.8 Å². The van der Waals surface area contributed by atoms with Crippen LogP contribution < -0.4 is 11.1 Å². The first-order valence-corrected chi connectivity index (χ1v) is 6.18. The first-order chi connectivity index (χ1) is 8.86. The Labute approximate surface area is 112 Å². The summed E-state index contributed by atoms with van der Waals surface area (Å²) in [4.78, 5) is 22.2. The number of hydrogen-bond donors (Lipinski definition) is 2. The number of nitrogens with two attached hydrogens (primary N) is 1. The van der Waals surface area contributed by atoms with Crippen molar-refractivity contribution in [1.82, 2.24) is 0 Å². The number of amides is 1. The summed E-state index contributed by atoms with van der Waals surface area (Å²) in [6, 6.07) is 3.72. The molecule has 0 radical (unpaired) electrons. The van der Waals surface area contributed by atoms with E-state index in [-0.39, 0.29) is 17.5 Å². The highest BCUT2D eigenvalue weighted by Crippen LogP contribution is 2.22. The van der Waals surface area contributed by atoms with E-state index >= 15 is 0 Å². The molecular weight excluding hydrogens is 246 g/mol. The zero-order chi connectivity index (χ0) is 14.6. The van der Waals surface area contributed by atoms with Gasteiger partial charge in [-0.2, -0.15) is 0 Å². The fourth-order valence-electron chi connectivity index (χ4n) is 1.59. The third-order valence-corrected chi connectivity index (χ3v) is 3.25. The summed E-state index contributed by atoms with van der Waals surface area (Å²) < 4.78 is 0. The van der Waals surface area contributed by atoms with E-state index in [1.165, 1.54) is 12.1 Å². The van der Waals surface area contributed by atoms with E-state index in [1.54, 1.807) is 13.0 Å². The second-order valence-electron chi connectivity index (χ2n) is 4.66. The van der Waals surface area contributed by atoms with Gasteiger partial charge in [-0.3, -0.25) is 14.9 Å². The van der Waals surface area contributed by atoms with Crippen LogP contribution in [0, 0.1) is 23.0 Å². The third-order valence-electron chi connectivity index (χ3n) is 3.25. The van der Waals surface area contributed by atoms with Crippen molar-refractivity contribution < 1.29 is 9.72 Å². The molecule has 0 saturated carbocycles. The molecule has 0 fully saturated rings. The molecule has 0 heterocycles. The van der Waals surface area contributed by atoms with E-state index < -0.39 is 11.0 Å². The number of anilines is 1. The van der Waals surface area contributed by atoms with Crippen molar-refractivity contribution >= 4 is 17.3 Å². The normalized spacial score (nSPS) is 13.7. The summed E-state index contributed by atoms with van der Waals surface area (Å²) in [5.74, 6) is -0.267. The van der Waals surface area contributed by atoms with Gasteiger partial charge in [0.15, 0.2) is 0 Å². The summed E-state index contributed by atoms with van der Waals surface area (Å²) in [5, 5.41) is 13.4. The van der Waals surface area contributed by atoms with Gasteiger partial charge in [-0.15, -0.1) is 0 Å². The molecule has 3 N–H and O–H groups in total. The van der Waals surface area contributed by atoms with Gasteiger partial charge in [0.2, 0.25) is 5.91 Å². The lowest BCUT2D eigenvalue weighted by Gasteiger charge is -2.18. The minimum atomic E-state index is -0.622. The van der Waals surface area contributed by atoms with Crippen LogP contribution in [-0.2, 0) is 4.79 Å². The highest BCUT2D eigenvalue weighted by molar-refractivity contribution is 5.95. The lowest BCUT2D eigenvalue weighted by molar-refractivity contribution is -0.384. The number of carbonyl (C=O) groups is 1. The van der Waals surface area contributed by atoms with Crippen molar-refractivity contribution in [3.05, 3.63) is 33.9 Å². The van der Waals surface area contributed by atoms with Crippen LogP contribution in [0.1, 0.15) is 25.8 Å². The van der Waals surface area contributed by atoms with Gasteiger partial charge in [-0.05, 0) is 18.4 Å². The summed E-state index contributed by atoms with van der Waals surface area (Å²) in [6.07, 6.45) is 0.794. The average Bonchev–Trinajstić information content (AvgIpc) is 2.38. The second-order valence-corrected chi connectivity index (χ2v) is 4.66. The van der Waals surface area contributed by atoms with Gasteiger partial charge in [0.05, 0.1) is 16.7 Å². The van der Waals surface area contributed by atoms with E-state index in [0.29, 0.717) is 5.69 Å². The van der Waals surface area contributed by atoms with E-state index in [9.17, 15) is 14.9 Å². The second kappa shape index (κ2) is 6.29. The van der Waals surface area contributed by atoms with Gasteiger partial charge in [-0.25, -0.2) is 0 Å². The molecule has 6 nitrogen and oxygen atoms in total. The summed E-state index contributed by atoms with van der Waals surface area (Å²) in [6.45, 7) is 5.62. The van der Waals surface area contributed by atoms with E-state index in [0.717, 1.165) is 12.0 Å². The number of nitrogens with zero attached hydrogens (tertiary/aromatic N) is 1. The van der Waals surface area contributed by atoms with Crippen molar-refractivity contribution in [3.8, 4) is 0 Å². The molecule has 0 spiro atoms. The molecule has 0 aromatic heterocycles. The monoisotopic (exact) mass is 265 g/mol. The molecule has 104 valence electrons. The molecule has 0 bridgehead atoms. The molecule has 6 heteroatoms. The Morgan fingerprint density at radius 1 is 1.53 bits per heavy atom. The molecule has 1 aromatic carbocycles. The van der Waals surface area contributed by atoms with Crippen LogP contribution in [0.15, 0.2) is 18.2 Å². The smallest absolute Gasteiger partial charge is 0.271 e. The van der Waals surface area contributed by atoms with Gasteiger partial charge in [0, 0.05) is 12.1 Å². The predicted molar refractivity (Wildman–Crippen MR) is 73.9 cm³/mol. The zero-order valence-electron chi connectivity index (χ0n) is 11.3. The molecule has 19 heavy (non-hydrogen) atoms. The SMILES string of the molecule is CCC(C)[C@H](N)C(=O)Nc1cc([N+](=O)[O-])ccc1C. The van der Waals surface area contributed by atoms with Gasteiger partial charge < -0.3 is 11.1 Å². The molecule has 0 aliphatic heterocycles. The minimum Gasteiger partial charge on any atom is -0.324 e. The number of benzene rings is 1. The summed E-state index contributed by atoms with van der Waals surface area (Å²) in [7, 11) is 0. The van der Waals surface area contributed by atoms with Crippen LogP contribution >= 0.6 is 0 Å². The quantitative estimate of drug-likeness (QED) is 0.630. The van der Waals surface area contributed by atoms with Crippen LogP contribution in [0.5, 0.6) is 0 Å². The lowest BCUT2D eigenvalue weighted by atomic mass is 9.99. The van der Waals surface area contributed by atoms with Crippen LogP contribution in [0.25, 0.3) is 0 Å². The standard InChI is InChI=1S/C13H19N3O3/c1-4-8(2)12(14)13(17)15-11-7-10(16(18)19)6-5-9(11)3/h5-8,12H,4,14H2,1-3H3,(H,15,17)/t8?,12-/m0/s1. The molecule has 0 saturated heterocycles. The Morgan fingerprint density at radius 2 is 2.16 bits per heavy atom. The Bertz CT molecular complexity index is 488. The number of rotatable bonds is 5. The number of carbonyl (C=O) groups excluding carboxylic acids is 1. The Balaban J connectivity index is 2.90. The minimum absolute atomic E-state index is 0.0546. The van der Waals surface area contributed by atoms with E-state index in [4.69, 9.17) is 5.73 Å². The molecule has 1 unspecified atom stereocenters. The van der Waals surface area contributed by atoms with Crippen molar-refractivity contribution in [2.75, 3.05) is 5.32 Å². The van der Waals surface area contributed by atoms with Crippen LogP contribution in [-0.4, -0.2) is 16.9 Å². The summed E-state index contributed by atoms with van der Waals surface area (Å²) in [5.41, 5.74) is 6.95. The molecule has 1 aromatic rings. The number of hydrogen-bond acceptors (Lipinski definition) is 4. The van der Waals surface area contributed by atoms with Crippen molar-refractivity contribution in [1.29, 1.82) is 0 Å².